The molecule has 1 unspecified atom stereocenters. The van der Waals surface area contributed by atoms with Crippen molar-refractivity contribution in [2.24, 2.45) is 0 Å². The van der Waals surface area contributed by atoms with Gasteiger partial charge in [0.1, 0.15) is 5.02 Å². The largest absolute Gasteiger partial charge is 0.396 e. The van der Waals surface area contributed by atoms with Crippen LogP contribution >= 0.6 is 11.6 Å². The van der Waals surface area contributed by atoms with Crippen LogP contribution in [0.5, 0.6) is 0 Å². The minimum atomic E-state index is -0.900. The fourth-order valence-electron chi connectivity index (χ4n) is 0.887. The van der Waals surface area contributed by atoms with Gasteiger partial charge < -0.3 is 5.11 Å². The highest BCUT2D eigenvalue weighted by molar-refractivity contribution is 6.30. The van der Waals surface area contributed by atoms with Crippen molar-refractivity contribution < 1.29 is 13.9 Å². The van der Waals surface area contributed by atoms with E-state index >= 15 is 0 Å². The lowest BCUT2D eigenvalue weighted by Gasteiger charge is -2.08. The molecular formula is C8H8ClF2NO. The fraction of sp³-hybridized carbons (Fsp3) is 0.375. The fourth-order valence-corrected chi connectivity index (χ4v) is 1.03. The van der Waals surface area contributed by atoms with E-state index in [0.29, 0.717) is 0 Å². The summed E-state index contributed by atoms with van der Waals surface area (Å²) in [6.07, 6.45) is 0.840. The Morgan fingerprint density at radius 3 is 2.77 bits per heavy atom. The van der Waals surface area contributed by atoms with Gasteiger partial charge in [-0.05, 0) is 0 Å². The molecule has 1 N–H and O–H groups in total. The van der Waals surface area contributed by atoms with Crippen molar-refractivity contribution in [3.8, 4) is 0 Å². The van der Waals surface area contributed by atoms with E-state index in [2.05, 4.69) is 4.98 Å². The molecule has 0 fully saturated rings. The predicted molar refractivity (Wildman–Crippen MR) is 44.7 cm³/mol. The van der Waals surface area contributed by atoms with Gasteiger partial charge in [-0.3, -0.25) is 4.98 Å². The Morgan fingerprint density at radius 2 is 2.23 bits per heavy atom. The van der Waals surface area contributed by atoms with Crippen LogP contribution in [-0.2, 0) is 0 Å². The Morgan fingerprint density at radius 1 is 1.62 bits per heavy atom. The van der Waals surface area contributed by atoms with Crippen LogP contribution in [0.15, 0.2) is 6.20 Å². The third-order valence-corrected chi connectivity index (χ3v) is 2.03. The lowest BCUT2D eigenvalue weighted by molar-refractivity contribution is 0.268. The van der Waals surface area contributed by atoms with E-state index in [0.717, 1.165) is 6.20 Å². The smallest absolute Gasteiger partial charge is 0.166 e. The van der Waals surface area contributed by atoms with Gasteiger partial charge in [0.25, 0.3) is 0 Å². The minimum absolute atomic E-state index is 0.0195. The zero-order valence-electron chi connectivity index (χ0n) is 6.89. The summed E-state index contributed by atoms with van der Waals surface area (Å²) in [7, 11) is 0. The predicted octanol–water partition coefficient (Wildman–Crippen LogP) is 2.11. The average Bonchev–Trinajstić information content (AvgIpc) is 2.13. The van der Waals surface area contributed by atoms with Gasteiger partial charge in [-0.2, -0.15) is 0 Å². The molecule has 2 nitrogen and oxygen atoms in total. The molecule has 1 aromatic rings. The van der Waals surface area contributed by atoms with E-state index in [1.165, 1.54) is 0 Å². The van der Waals surface area contributed by atoms with Crippen LogP contribution in [0.1, 0.15) is 18.5 Å². The highest BCUT2D eigenvalue weighted by atomic mass is 35.5. The van der Waals surface area contributed by atoms with Gasteiger partial charge in [-0.15, -0.1) is 0 Å². The zero-order valence-corrected chi connectivity index (χ0v) is 7.65. The van der Waals surface area contributed by atoms with Crippen LogP contribution in [-0.4, -0.2) is 16.7 Å². The van der Waals surface area contributed by atoms with E-state index in [1.807, 2.05) is 0 Å². The van der Waals surface area contributed by atoms with Crippen LogP contribution in [0.3, 0.4) is 0 Å². The Labute approximate surface area is 79.2 Å². The molecule has 0 aliphatic carbocycles. The van der Waals surface area contributed by atoms with Gasteiger partial charge >= 0.3 is 0 Å². The molecule has 0 saturated carbocycles. The Balaban J connectivity index is 3.18. The Kier molecular flexibility index (Phi) is 3.17. The number of halogens is 3. The maximum absolute atomic E-state index is 13.2. The van der Waals surface area contributed by atoms with Gasteiger partial charge in [0.05, 0.1) is 18.5 Å². The third kappa shape index (κ3) is 1.95. The maximum atomic E-state index is 13.2. The highest BCUT2D eigenvalue weighted by Crippen LogP contribution is 2.24. The van der Waals surface area contributed by atoms with Crippen molar-refractivity contribution in [3.05, 3.63) is 28.5 Å². The molecule has 0 saturated heterocycles. The molecular weight excluding hydrogens is 200 g/mol. The normalized spacial score (nSPS) is 13.0. The Bertz CT molecular complexity index is 319. The molecule has 1 rings (SSSR count). The van der Waals surface area contributed by atoms with Crippen molar-refractivity contribution in [2.75, 3.05) is 6.61 Å². The number of hydrogen-bond donors (Lipinski definition) is 1. The molecule has 1 atom stereocenters. The van der Waals surface area contributed by atoms with Gasteiger partial charge in [-0.25, -0.2) is 8.78 Å². The second-order valence-corrected chi connectivity index (χ2v) is 3.08. The number of aromatic nitrogens is 1. The molecule has 1 heterocycles. The summed E-state index contributed by atoms with van der Waals surface area (Å²) in [5.74, 6) is -2.28. The van der Waals surface area contributed by atoms with E-state index in [-0.39, 0.29) is 12.3 Å². The summed E-state index contributed by atoms with van der Waals surface area (Å²) in [4.78, 5) is 3.51. The van der Waals surface area contributed by atoms with Crippen molar-refractivity contribution in [1.82, 2.24) is 4.98 Å². The lowest BCUT2D eigenvalue weighted by Crippen LogP contribution is -2.06. The molecule has 5 heteroatoms. The van der Waals surface area contributed by atoms with E-state index in [1.54, 1.807) is 6.92 Å². The van der Waals surface area contributed by atoms with Gasteiger partial charge in [-0.1, -0.05) is 18.5 Å². The molecule has 0 amide bonds. The topological polar surface area (TPSA) is 33.1 Å². The SMILES string of the molecule is CC(CO)c1ncc(F)c(Cl)c1F. The molecule has 0 radical (unpaired) electrons. The first-order chi connectivity index (χ1) is 6.07. The summed E-state index contributed by atoms with van der Waals surface area (Å²) in [6.45, 7) is 1.31. The standard InChI is InChI=1S/C8H8ClF2NO/c1-4(3-13)8-7(11)6(9)5(10)2-12-8/h2,4,13H,3H2,1H3. The molecule has 0 spiro atoms. The quantitative estimate of drug-likeness (QED) is 0.806. The van der Waals surface area contributed by atoms with Crippen molar-refractivity contribution >= 4 is 11.6 Å². The summed E-state index contributed by atoms with van der Waals surface area (Å²) in [5, 5.41) is 8.15. The number of rotatable bonds is 2. The van der Waals surface area contributed by atoms with Crippen molar-refractivity contribution in [3.63, 3.8) is 0 Å². The van der Waals surface area contributed by atoms with Crippen molar-refractivity contribution in [1.29, 1.82) is 0 Å². The number of aliphatic hydroxyl groups excluding tert-OH is 1. The lowest BCUT2D eigenvalue weighted by atomic mass is 10.1. The van der Waals surface area contributed by atoms with Crippen LogP contribution in [0.4, 0.5) is 8.78 Å². The number of aliphatic hydroxyl groups is 1. The average molecular weight is 208 g/mol. The van der Waals surface area contributed by atoms with Crippen LogP contribution in [0.25, 0.3) is 0 Å². The van der Waals surface area contributed by atoms with Crippen LogP contribution in [0, 0.1) is 11.6 Å². The summed E-state index contributed by atoms with van der Waals surface area (Å²) in [5.41, 5.74) is -0.0195. The van der Waals surface area contributed by atoms with E-state index in [4.69, 9.17) is 16.7 Å². The minimum Gasteiger partial charge on any atom is -0.396 e. The van der Waals surface area contributed by atoms with Crippen LogP contribution < -0.4 is 0 Å². The van der Waals surface area contributed by atoms with Gasteiger partial charge in [0.15, 0.2) is 11.6 Å². The van der Waals surface area contributed by atoms with E-state index < -0.39 is 22.6 Å². The highest BCUT2D eigenvalue weighted by Gasteiger charge is 2.17. The molecule has 0 aliphatic rings. The number of pyridine rings is 1. The summed E-state index contributed by atoms with van der Waals surface area (Å²) < 4.78 is 25.8. The second-order valence-electron chi connectivity index (χ2n) is 2.70. The molecule has 72 valence electrons. The zero-order chi connectivity index (χ0) is 10.0. The number of nitrogens with zero attached hydrogens (tertiary/aromatic N) is 1. The number of hydrogen-bond acceptors (Lipinski definition) is 2. The summed E-state index contributed by atoms with van der Waals surface area (Å²) in [6, 6.07) is 0. The molecule has 13 heavy (non-hydrogen) atoms. The summed E-state index contributed by atoms with van der Waals surface area (Å²) >= 11 is 5.31. The molecule has 0 aromatic carbocycles. The third-order valence-electron chi connectivity index (χ3n) is 1.68. The van der Waals surface area contributed by atoms with Crippen molar-refractivity contribution in [2.45, 2.75) is 12.8 Å². The molecule has 1 aromatic heterocycles. The molecule has 0 aliphatic heterocycles. The van der Waals surface area contributed by atoms with Gasteiger partial charge in [0, 0.05) is 5.92 Å². The van der Waals surface area contributed by atoms with Crippen LogP contribution in [0.2, 0.25) is 5.02 Å². The second kappa shape index (κ2) is 3.98. The monoisotopic (exact) mass is 207 g/mol. The first-order valence-corrected chi connectivity index (χ1v) is 4.06. The first kappa shape index (κ1) is 10.3. The van der Waals surface area contributed by atoms with Gasteiger partial charge in [0.2, 0.25) is 0 Å². The van der Waals surface area contributed by atoms with E-state index in [9.17, 15) is 8.78 Å². The molecule has 0 bridgehead atoms. The first-order valence-electron chi connectivity index (χ1n) is 3.68. The Hall–Kier alpha value is -0.740. The maximum Gasteiger partial charge on any atom is 0.166 e.